The van der Waals surface area contributed by atoms with Crippen molar-refractivity contribution in [3.63, 3.8) is 0 Å². The van der Waals surface area contributed by atoms with Crippen LogP contribution in [-0.4, -0.2) is 67.1 Å². The van der Waals surface area contributed by atoms with Gasteiger partial charge in [0, 0.05) is 39.1 Å². The highest BCUT2D eigenvalue weighted by Crippen LogP contribution is 2.25. The minimum absolute atomic E-state index is 0.0484. The predicted octanol–water partition coefficient (Wildman–Crippen LogP) is 0.381. The fourth-order valence-electron chi connectivity index (χ4n) is 4.21. The summed E-state index contributed by atoms with van der Waals surface area (Å²) in [7, 11) is 1.72. The Morgan fingerprint density at radius 1 is 1.07 bits per heavy atom. The van der Waals surface area contributed by atoms with E-state index in [9.17, 15) is 14.4 Å². The van der Waals surface area contributed by atoms with Crippen molar-refractivity contribution in [1.29, 1.82) is 0 Å². The molecule has 1 saturated heterocycles. The number of amides is 2. The second-order valence-electron chi connectivity index (χ2n) is 7.72. The number of rotatable bonds is 3. The Labute approximate surface area is 162 Å². The second kappa shape index (κ2) is 7.73. The van der Waals surface area contributed by atoms with Gasteiger partial charge in [-0.1, -0.05) is 19.3 Å². The van der Waals surface area contributed by atoms with Gasteiger partial charge in [0.05, 0.1) is 6.20 Å². The molecule has 2 fully saturated rings. The molecular formula is C19H26N6O3. The normalized spacial score (nSPS) is 18.6. The van der Waals surface area contributed by atoms with Gasteiger partial charge in [-0.2, -0.15) is 5.10 Å². The topological polar surface area (TPSA) is 93.3 Å². The fourth-order valence-corrected chi connectivity index (χ4v) is 4.21. The molecule has 0 atom stereocenters. The molecule has 4 rings (SSSR count). The van der Waals surface area contributed by atoms with E-state index in [-0.39, 0.29) is 29.8 Å². The lowest BCUT2D eigenvalue weighted by atomic mass is 9.88. The van der Waals surface area contributed by atoms with Gasteiger partial charge < -0.3 is 9.80 Å². The molecule has 1 aliphatic carbocycles. The van der Waals surface area contributed by atoms with Crippen LogP contribution in [0.3, 0.4) is 0 Å². The average molecular weight is 386 g/mol. The average Bonchev–Trinajstić information content (AvgIpc) is 3.12. The summed E-state index contributed by atoms with van der Waals surface area (Å²) in [6.07, 6.45) is 8.35. The Morgan fingerprint density at radius 2 is 1.75 bits per heavy atom. The lowest BCUT2D eigenvalue weighted by Gasteiger charge is -2.37. The van der Waals surface area contributed by atoms with Crippen molar-refractivity contribution in [1.82, 2.24) is 29.1 Å². The number of carbonyl (C=O) groups excluding carboxylic acids is 2. The summed E-state index contributed by atoms with van der Waals surface area (Å²) in [5.41, 5.74) is 0.237. The molecule has 28 heavy (non-hydrogen) atoms. The van der Waals surface area contributed by atoms with Crippen molar-refractivity contribution in [2.24, 2.45) is 13.0 Å². The SMILES string of the molecule is Cn1ncc2c(=O)n(CC(=O)N3CCN(C(=O)C4CCCCC4)CC3)cnc21. The first-order valence-electron chi connectivity index (χ1n) is 9.98. The summed E-state index contributed by atoms with van der Waals surface area (Å²) in [5, 5.41) is 4.44. The summed E-state index contributed by atoms with van der Waals surface area (Å²) in [6.45, 7) is 2.10. The van der Waals surface area contributed by atoms with E-state index >= 15 is 0 Å². The van der Waals surface area contributed by atoms with E-state index in [4.69, 9.17) is 0 Å². The Bertz CT molecular complexity index is 935. The molecule has 1 aliphatic heterocycles. The Balaban J connectivity index is 1.36. The quantitative estimate of drug-likeness (QED) is 0.760. The van der Waals surface area contributed by atoms with Gasteiger partial charge in [0.1, 0.15) is 18.3 Å². The summed E-state index contributed by atoms with van der Waals surface area (Å²) in [5.74, 6) is 0.276. The van der Waals surface area contributed by atoms with Crippen molar-refractivity contribution in [2.45, 2.75) is 38.6 Å². The number of aryl methyl sites for hydroxylation is 1. The van der Waals surface area contributed by atoms with Gasteiger partial charge in [0.25, 0.3) is 5.56 Å². The molecule has 0 unspecified atom stereocenters. The van der Waals surface area contributed by atoms with E-state index in [0.29, 0.717) is 37.2 Å². The van der Waals surface area contributed by atoms with E-state index in [1.165, 1.54) is 28.2 Å². The molecule has 0 N–H and O–H groups in total. The van der Waals surface area contributed by atoms with Crippen LogP contribution < -0.4 is 5.56 Å². The molecule has 2 aromatic rings. The van der Waals surface area contributed by atoms with E-state index in [1.54, 1.807) is 11.9 Å². The van der Waals surface area contributed by atoms with Crippen molar-refractivity contribution < 1.29 is 9.59 Å². The monoisotopic (exact) mass is 386 g/mol. The largest absolute Gasteiger partial charge is 0.339 e. The van der Waals surface area contributed by atoms with E-state index in [0.717, 1.165) is 25.7 Å². The lowest BCUT2D eigenvalue weighted by molar-refractivity contribution is -0.143. The maximum atomic E-state index is 12.7. The molecule has 9 nitrogen and oxygen atoms in total. The number of piperazine rings is 1. The predicted molar refractivity (Wildman–Crippen MR) is 103 cm³/mol. The molecule has 2 aliphatic rings. The van der Waals surface area contributed by atoms with Crippen LogP contribution in [0.1, 0.15) is 32.1 Å². The number of aromatic nitrogens is 4. The van der Waals surface area contributed by atoms with Crippen LogP contribution in [0.15, 0.2) is 17.3 Å². The van der Waals surface area contributed by atoms with Crippen molar-refractivity contribution in [3.05, 3.63) is 22.9 Å². The first-order chi connectivity index (χ1) is 13.5. The van der Waals surface area contributed by atoms with E-state index in [1.807, 2.05) is 4.90 Å². The zero-order valence-corrected chi connectivity index (χ0v) is 16.2. The standard InChI is InChI=1S/C19H26N6O3/c1-22-17-15(11-21-22)19(28)25(13-20-17)12-16(26)23-7-9-24(10-8-23)18(27)14-5-3-2-4-6-14/h11,13-14H,2-10,12H2,1H3. The van der Waals surface area contributed by atoms with Crippen LogP contribution in [0.25, 0.3) is 11.0 Å². The maximum Gasteiger partial charge on any atom is 0.264 e. The highest BCUT2D eigenvalue weighted by Gasteiger charge is 2.29. The Hall–Kier alpha value is -2.71. The van der Waals surface area contributed by atoms with Crippen LogP contribution in [0.2, 0.25) is 0 Å². The molecule has 150 valence electrons. The minimum atomic E-state index is -0.266. The van der Waals surface area contributed by atoms with Crippen LogP contribution in [0.5, 0.6) is 0 Å². The van der Waals surface area contributed by atoms with E-state index < -0.39 is 0 Å². The summed E-state index contributed by atoms with van der Waals surface area (Å²) < 4.78 is 2.86. The van der Waals surface area contributed by atoms with Gasteiger partial charge in [-0.15, -0.1) is 0 Å². The third-order valence-electron chi connectivity index (χ3n) is 5.92. The van der Waals surface area contributed by atoms with Crippen LogP contribution in [0.4, 0.5) is 0 Å². The molecule has 1 saturated carbocycles. The van der Waals surface area contributed by atoms with E-state index in [2.05, 4.69) is 10.1 Å². The molecule has 0 aromatic carbocycles. The van der Waals surface area contributed by atoms with Gasteiger partial charge in [0.15, 0.2) is 5.65 Å². The Morgan fingerprint density at radius 3 is 2.46 bits per heavy atom. The molecule has 2 amide bonds. The third kappa shape index (κ3) is 3.53. The number of hydrogen-bond donors (Lipinski definition) is 0. The van der Waals surface area contributed by atoms with Crippen LogP contribution in [0, 0.1) is 5.92 Å². The lowest BCUT2D eigenvalue weighted by Crippen LogP contribution is -2.53. The molecule has 3 heterocycles. The molecule has 0 spiro atoms. The van der Waals surface area contributed by atoms with Crippen molar-refractivity contribution in [3.8, 4) is 0 Å². The van der Waals surface area contributed by atoms with Crippen molar-refractivity contribution in [2.75, 3.05) is 26.2 Å². The summed E-state index contributed by atoms with van der Waals surface area (Å²) in [4.78, 5) is 45.7. The minimum Gasteiger partial charge on any atom is -0.339 e. The van der Waals surface area contributed by atoms with Gasteiger partial charge in [-0.3, -0.25) is 23.6 Å². The van der Waals surface area contributed by atoms with Gasteiger partial charge in [0.2, 0.25) is 11.8 Å². The summed E-state index contributed by atoms with van der Waals surface area (Å²) >= 11 is 0. The van der Waals surface area contributed by atoms with Gasteiger partial charge in [-0.05, 0) is 12.8 Å². The smallest absolute Gasteiger partial charge is 0.264 e. The third-order valence-corrected chi connectivity index (χ3v) is 5.92. The van der Waals surface area contributed by atoms with Gasteiger partial charge in [-0.25, -0.2) is 4.98 Å². The summed E-state index contributed by atoms with van der Waals surface area (Å²) in [6, 6.07) is 0. The van der Waals surface area contributed by atoms with Crippen molar-refractivity contribution >= 4 is 22.8 Å². The molecular weight excluding hydrogens is 360 g/mol. The highest BCUT2D eigenvalue weighted by molar-refractivity contribution is 5.80. The number of fused-ring (bicyclic) bond motifs is 1. The first-order valence-corrected chi connectivity index (χ1v) is 9.98. The molecule has 0 radical (unpaired) electrons. The Kier molecular flexibility index (Phi) is 5.15. The zero-order valence-electron chi connectivity index (χ0n) is 16.2. The number of carbonyl (C=O) groups is 2. The molecule has 0 bridgehead atoms. The zero-order chi connectivity index (χ0) is 19.7. The van der Waals surface area contributed by atoms with Crippen LogP contribution in [-0.2, 0) is 23.2 Å². The van der Waals surface area contributed by atoms with Crippen LogP contribution >= 0.6 is 0 Å². The molecule has 9 heteroatoms. The number of hydrogen-bond acceptors (Lipinski definition) is 5. The maximum absolute atomic E-state index is 12.7. The molecule has 2 aromatic heterocycles. The second-order valence-corrected chi connectivity index (χ2v) is 7.72. The highest BCUT2D eigenvalue weighted by atomic mass is 16.2. The fraction of sp³-hybridized carbons (Fsp3) is 0.632. The van der Waals surface area contributed by atoms with Gasteiger partial charge >= 0.3 is 0 Å². The number of nitrogens with zero attached hydrogens (tertiary/aromatic N) is 6. The first kappa shape index (κ1) is 18.6.